The van der Waals surface area contributed by atoms with Crippen LogP contribution in [0.5, 0.6) is 0 Å². The molecule has 1 spiro atoms. The SMILES string of the molecule is NC(=O)CN1CC2(CCC1=O)CCN(C/C=C/c1ccccc1)CC2. The van der Waals surface area contributed by atoms with Crippen molar-refractivity contribution in [3.05, 3.63) is 42.0 Å². The summed E-state index contributed by atoms with van der Waals surface area (Å²) in [6.45, 7) is 3.77. The van der Waals surface area contributed by atoms with Gasteiger partial charge in [-0.2, -0.15) is 0 Å². The van der Waals surface area contributed by atoms with E-state index in [1.165, 1.54) is 5.56 Å². The van der Waals surface area contributed by atoms with Gasteiger partial charge in [0, 0.05) is 19.5 Å². The van der Waals surface area contributed by atoms with Gasteiger partial charge in [0.05, 0.1) is 6.54 Å². The fourth-order valence-electron chi connectivity index (χ4n) is 3.95. The first-order chi connectivity index (χ1) is 12.1. The molecule has 5 nitrogen and oxygen atoms in total. The Hall–Kier alpha value is -2.14. The lowest BCUT2D eigenvalue weighted by Crippen LogP contribution is -2.53. The number of nitrogens with zero attached hydrogens (tertiary/aromatic N) is 2. The Morgan fingerprint density at radius 1 is 1.16 bits per heavy atom. The van der Waals surface area contributed by atoms with Gasteiger partial charge in [0.25, 0.3) is 0 Å². The molecule has 0 radical (unpaired) electrons. The van der Waals surface area contributed by atoms with E-state index in [9.17, 15) is 9.59 Å². The molecule has 2 saturated heterocycles. The minimum atomic E-state index is -0.422. The maximum Gasteiger partial charge on any atom is 0.237 e. The molecule has 2 fully saturated rings. The van der Waals surface area contributed by atoms with E-state index in [1.807, 2.05) is 18.2 Å². The summed E-state index contributed by atoms with van der Waals surface area (Å²) >= 11 is 0. The molecule has 2 amide bonds. The molecule has 0 aliphatic carbocycles. The monoisotopic (exact) mass is 341 g/mol. The average Bonchev–Trinajstić information content (AvgIpc) is 2.61. The Bertz CT molecular complexity index is 634. The molecule has 1 aromatic carbocycles. The maximum absolute atomic E-state index is 12.0. The predicted octanol–water partition coefficient (Wildman–Crippen LogP) is 1.89. The van der Waals surface area contributed by atoms with Crippen molar-refractivity contribution in [3.63, 3.8) is 0 Å². The lowest BCUT2D eigenvalue weighted by molar-refractivity contribution is -0.142. The molecule has 1 aromatic rings. The Kier molecular flexibility index (Phi) is 5.53. The van der Waals surface area contributed by atoms with E-state index in [2.05, 4.69) is 29.2 Å². The Morgan fingerprint density at radius 3 is 2.56 bits per heavy atom. The molecule has 2 aliphatic heterocycles. The number of piperidine rings is 2. The van der Waals surface area contributed by atoms with Crippen LogP contribution in [-0.2, 0) is 9.59 Å². The van der Waals surface area contributed by atoms with E-state index in [0.717, 1.165) is 38.9 Å². The van der Waals surface area contributed by atoms with Gasteiger partial charge >= 0.3 is 0 Å². The minimum Gasteiger partial charge on any atom is -0.368 e. The number of carbonyl (C=O) groups excluding carboxylic acids is 2. The maximum atomic E-state index is 12.0. The molecule has 2 heterocycles. The molecule has 2 aliphatic rings. The number of hydrogen-bond donors (Lipinski definition) is 1. The van der Waals surface area contributed by atoms with Crippen LogP contribution in [0.3, 0.4) is 0 Å². The van der Waals surface area contributed by atoms with Gasteiger partial charge in [-0.3, -0.25) is 14.5 Å². The highest BCUT2D eigenvalue weighted by Gasteiger charge is 2.40. The van der Waals surface area contributed by atoms with Crippen LogP contribution < -0.4 is 5.73 Å². The Labute approximate surface area is 149 Å². The number of nitrogens with two attached hydrogens (primary N) is 1. The number of likely N-dealkylation sites (tertiary alicyclic amines) is 2. The topological polar surface area (TPSA) is 66.6 Å². The van der Waals surface area contributed by atoms with Crippen LogP contribution in [0, 0.1) is 5.41 Å². The van der Waals surface area contributed by atoms with Crippen LogP contribution in [-0.4, -0.2) is 54.3 Å². The van der Waals surface area contributed by atoms with Gasteiger partial charge in [-0.1, -0.05) is 42.5 Å². The van der Waals surface area contributed by atoms with Crippen LogP contribution in [0.25, 0.3) is 6.08 Å². The molecular weight excluding hydrogens is 314 g/mol. The number of rotatable bonds is 5. The third-order valence-electron chi connectivity index (χ3n) is 5.49. The van der Waals surface area contributed by atoms with Gasteiger partial charge in [0.1, 0.15) is 0 Å². The summed E-state index contributed by atoms with van der Waals surface area (Å²) in [5.41, 5.74) is 6.68. The van der Waals surface area contributed by atoms with Crippen LogP contribution in [0.1, 0.15) is 31.2 Å². The third kappa shape index (κ3) is 4.69. The van der Waals surface area contributed by atoms with E-state index >= 15 is 0 Å². The molecule has 2 N–H and O–H groups in total. The molecule has 134 valence electrons. The lowest BCUT2D eigenvalue weighted by atomic mass is 9.72. The van der Waals surface area contributed by atoms with E-state index in [0.29, 0.717) is 13.0 Å². The zero-order valence-electron chi connectivity index (χ0n) is 14.7. The van der Waals surface area contributed by atoms with Crippen molar-refractivity contribution in [2.24, 2.45) is 11.1 Å². The second kappa shape index (κ2) is 7.83. The first kappa shape index (κ1) is 17.7. The van der Waals surface area contributed by atoms with Crippen molar-refractivity contribution in [2.75, 3.05) is 32.7 Å². The van der Waals surface area contributed by atoms with Crippen molar-refractivity contribution in [1.29, 1.82) is 0 Å². The highest BCUT2D eigenvalue weighted by Crippen LogP contribution is 2.40. The van der Waals surface area contributed by atoms with Gasteiger partial charge in [-0.05, 0) is 43.3 Å². The van der Waals surface area contributed by atoms with Gasteiger partial charge in [0.2, 0.25) is 11.8 Å². The molecule has 25 heavy (non-hydrogen) atoms. The van der Waals surface area contributed by atoms with Crippen molar-refractivity contribution in [2.45, 2.75) is 25.7 Å². The smallest absolute Gasteiger partial charge is 0.237 e. The summed E-state index contributed by atoms with van der Waals surface area (Å²) in [6, 6.07) is 10.3. The van der Waals surface area contributed by atoms with Gasteiger partial charge in [0.15, 0.2) is 0 Å². The summed E-state index contributed by atoms with van der Waals surface area (Å²) in [4.78, 5) is 27.3. The molecule has 0 aromatic heterocycles. The summed E-state index contributed by atoms with van der Waals surface area (Å²) in [5.74, 6) is -0.355. The normalized spacial score (nSPS) is 21.1. The molecular formula is C20H27N3O2. The number of primary amides is 1. The Morgan fingerprint density at radius 2 is 1.88 bits per heavy atom. The zero-order chi connectivity index (χ0) is 17.7. The fourth-order valence-corrected chi connectivity index (χ4v) is 3.95. The third-order valence-corrected chi connectivity index (χ3v) is 5.49. The first-order valence-electron chi connectivity index (χ1n) is 9.06. The van der Waals surface area contributed by atoms with Gasteiger partial charge in [-0.25, -0.2) is 0 Å². The van der Waals surface area contributed by atoms with Gasteiger partial charge in [-0.15, -0.1) is 0 Å². The molecule has 5 heteroatoms. The fraction of sp³-hybridized carbons (Fsp3) is 0.500. The van der Waals surface area contributed by atoms with Gasteiger partial charge < -0.3 is 10.6 Å². The van der Waals surface area contributed by atoms with Crippen molar-refractivity contribution >= 4 is 17.9 Å². The Balaban J connectivity index is 1.50. The minimum absolute atomic E-state index is 0.0596. The standard InChI is InChI=1S/C20H27N3O2/c21-18(24)15-23-16-20(9-8-19(23)25)10-13-22(14-11-20)12-4-7-17-5-2-1-3-6-17/h1-7H,8-16H2,(H2,21,24)/b7-4+. The number of benzene rings is 1. The molecule has 0 atom stereocenters. The van der Waals surface area contributed by atoms with E-state index in [4.69, 9.17) is 5.73 Å². The van der Waals surface area contributed by atoms with E-state index in [-0.39, 0.29) is 17.9 Å². The summed E-state index contributed by atoms with van der Waals surface area (Å²) in [5, 5.41) is 0. The van der Waals surface area contributed by atoms with Crippen LogP contribution in [0.15, 0.2) is 36.4 Å². The van der Waals surface area contributed by atoms with E-state index < -0.39 is 5.91 Å². The number of amides is 2. The van der Waals surface area contributed by atoms with Crippen molar-refractivity contribution in [3.8, 4) is 0 Å². The molecule has 3 rings (SSSR count). The summed E-state index contributed by atoms with van der Waals surface area (Å²) in [7, 11) is 0. The van der Waals surface area contributed by atoms with Crippen LogP contribution in [0.2, 0.25) is 0 Å². The second-order valence-corrected chi connectivity index (χ2v) is 7.33. The number of carbonyl (C=O) groups is 2. The predicted molar refractivity (Wildman–Crippen MR) is 98.6 cm³/mol. The second-order valence-electron chi connectivity index (χ2n) is 7.33. The first-order valence-corrected chi connectivity index (χ1v) is 9.06. The zero-order valence-corrected chi connectivity index (χ0v) is 14.7. The average molecular weight is 341 g/mol. The largest absolute Gasteiger partial charge is 0.368 e. The van der Waals surface area contributed by atoms with Crippen LogP contribution in [0.4, 0.5) is 0 Å². The summed E-state index contributed by atoms with van der Waals surface area (Å²) in [6.07, 6.45) is 8.02. The van der Waals surface area contributed by atoms with E-state index in [1.54, 1.807) is 4.90 Å². The summed E-state index contributed by atoms with van der Waals surface area (Å²) < 4.78 is 0. The quantitative estimate of drug-likeness (QED) is 0.889. The molecule has 0 bridgehead atoms. The molecule has 0 unspecified atom stereocenters. The number of hydrogen-bond acceptors (Lipinski definition) is 3. The lowest BCUT2D eigenvalue weighted by Gasteiger charge is -2.47. The van der Waals surface area contributed by atoms with Crippen LogP contribution >= 0.6 is 0 Å². The molecule has 0 saturated carbocycles. The van der Waals surface area contributed by atoms with Crippen molar-refractivity contribution in [1.82, 2.24) is 9.80 Å². The van der Waals surface area contributed by atoms with Crippen molar-refractivity contribution < 1.29 is 9.59 Å². The highest BCUT2D eigenvalue weighted by atomic mass is 16.2. The highest BCUT2D eigenvalue weighted by molar-refractivity contribution is 5.84.